The number of amides is 1. The maximum atomic E-state index is 13.0. The first kappa shape index (κ1) is 21.6. The third kappa shape index (κ3) is 4.72. The molecule has 3 aromatic rings. The van der Waals surface area contributed by atoms with Crippen LogP contribution in [0.1, 0.15) is 11.4 Å². The number of nitrogens with one attached hydrogen (secondary N) is 1. The van der Waals surface area contributed by atoms with E-state index >= 15 is 0 Å². The van der Waals surface area contributed by atoms with Crippen molar-refractivity contribution in [1.29, 1.82) is 0 Å². The summed E-state index contributed by atoms with van der Waals surface area (Å²) in [5, 5.41) is 12.3. The highest BCUT2D eigenvalue weighted by molar-refractivity contribution is 7.99. The molecule has 15 heteroatoms. The van der Waals surface area contributed by atoms with Crippen molar-refractivity contribution < 1.29 is 31.1 Å². The summed E-state index contributed by atoms with van der Waals surface area (Å²) in [5.41, 5.74) is -1.08. The van der Waals surface area contributed by atoms with Crippen LogP contribution < -0.4 is 5.32 Å². The van der Waals surface area contributed by atoms with Crippen molar-refractivity contribution in [1.82, 2.24) is 29.5 Å². The van der Waals surface area contributed by atoms with E-state index in [2.05, 4.69) is 25.6 Å². The fourth-order valence-electron chi connectivity index (χ4n) is 2.35. The molecule has 0 atom stereocenters. The standard InChI is InChI=1S/C15H11F6N7OS/c1-27-12(15(19,20)21)25-26-13(27)30-5-11(29)24-9-4-8(14(16,17)18)2-3-10(9)28-7-22-6-23-28/h2-4,6-7H,5H2,1H3,(H,24,29). The SMILES string of the molecule is Cn1c(SCC(=O)Nc2cc(C(F)(F)F)ccc2-n2cncn2)nnc1C(F)(F)F. The maximum Gasteiger partial charge on any atom is 0.451 e. The molecule has 0 aliphatic carbocycles. The molecule has 8 nitrogen and oxygen atoms in total. The number of aromatic nitrogens is 6. The lowest BCUT2D eigenvalue weighted by molar-refractivity contribution is -0.147. The number of thioether (sulfide) groups is 1. The molecule has 0 spiro atoms. The van der Waals surface area contributed by atoms with E-state index in [1.165, 1.54) is 6.33 Å². The molecular formula is C15H11F6N7OS. The quantitative estimate of drug-likeness (QED) is 0.474. The van der Waals surface area contributed by atoms with E-state index in [4.69, 9.17) is 0 Å². The summed E-state index contributed by atoms with van der Waals surface area (Å²) in [6, 6.07) is 2.65. The van der Waals surface area contributed by atoms with Crippen molar-refractivity contribution in [3.63, 3.8) is 0 Å². The fourth-order valence-corrected chi connectivity index (χ4v) is 3.06. The molecule has 0 aliphatic heterocycles. The summed E-state index contributed by atoms with van der Waals surface area (Å²) >= 11 is 0.645. The average Bonchev–Trinajstić information content (AvgIpc) is 3.28. The summed E-state index contributed by atoms with van der Waals surface area (Å²) in [7, 11) is 1.08. The molecule has 0 unspecified atom stereocenters. The van der Waals surface area contributed by atoms with Gasteiger partial charge in [-0.15, -0.1) is 10.2 Å². The van der Waals surface area contributed by atoms with E-state index in [-0.39, 0.29) is 16.5 Å². The number of hydrogen-bond donors (Lipinski definition) is 1. The molecule has 160 valence electrons. The molecular weight excluding hydrogens is 440 g/mol. The molecule has 1 aromatic carbocycles. The summed E-state index contributed by atoms with van der Waals surface area (Å²) < 4.78 is 79.1. The Bertz CT molecular complexity index is 1040. The Morgan fingerprint density at radius 3 is 2.43 bits per heavy atom. The highest BCUT2D eigenvalue weighted by Gasteiger charge is 2.37. The minimum absolute atomic E-state index is 0.122. The van der Waals surface area contributed by atoms with Gasteiger partial charge < -0.3 is 9.88 Å². The van der Waals surface area contributed by atoms with Crippen molar-refractivity contribution in [2.24, 2.45) is 7.05 Å². The van der Waals surface area contributed by atoms with Crippen LogP contribution in [0.15, 0.2) is 36.0 Å². The van der Waals surface area contributed by atoms with Crippen LogP contribution in [0.4, 0.5) is 32.0 Å². The second-order valence-corrected chi connectivity index (χ2v) is 6.71. The zero-order valence-corrected chi connectivity index (χ0v) is 15.7. The molecule has 3 rings (SSSR count). The first-order valence-corrected chi connectivity index (χ1v) is 8.91. The molecule has 2 aromatic heterocycles. The van der Waals surface area contributed by atoms with E-state index in [0.717, 1.165) is 36.3 Å². The highest BCUT2D eigenvalue weighted by Crippen LogP contribution is 2.33. The number of halogens is 6. The van der Waals surface area contributed by atoms with Gasteiger partial charge >= 0.3 is 12.4 Å². The molecule has 0 saturated heterocycles. The molecule has 0 radical (unpaired) electrons. The highest BCUT2D eigenvalue weighted by atomic mass is 32.2. The largest absolute Gasteiger partial charge is 0.451 e. The minimum atomic E-state index is -4.71. The van der Waals surface area contributed by atoms with E-state index in [0.29, 0.717) is 16.3 Å². The van der Waals surface area contributed by atoms with E-state index in [9.17, 15) is 31.1 Å². The minimum Gasteiger partial charge on any atom is -0.323 e. The van der Waals surface area contributed by atoms with Crippen molar-refractivity contribution in [2.45, 2.75) is 17.5 Å². The molecule has 2 heterocycles. The predicted octanol–water partition coefficient (Wildman–Crippen LogP) is 3.16. The van der Waals surface area contributed by atoms with Crippen LogP contribution in [0.25, 0.3) is 5.69 Å². The lowest BCUT2D eigenvalue weighted by atomic mass is 10.1. The van der Waals surface area contributed by atoms with Crippen LogP contribution in [0.3, 0.4) is 0 Å². The zero-order valence-electron chi connectivity index (χ0n) is 14.9. The molecule has 1 amide bonds. The Balaban J connectivity index is 1.78. The van der Waals surface area contributed by atoms with Gasteiger partial charge in [0, 0.05) is 7.05 Å². The Hall–Kier alpha value is -3.10. The van der Waals surface area contributed by atoms with E-state index in [1.54, 1.807) is 0 Å². The first-order valence-electron chi connectivity index (χ1n) is 7.92. The van der Waals surface area contributed by atoms with Gasteiger partial charge in [-0.3, -0.25) is 4.79 Å². The molecule has 1 N–H and O–H groups in total. The number of anilines is 1. The Morgan fingerprint density at radius 2 is 1.87 bits per heavy atom. The van der Waals surface area contributed by atoms with Crippen molar-refractivity contribution in [3.05, 3.63) is 42.2 Å². The zero-order chi connectivity index (χ0) is 22.1. The second-order valence-electron chi connectivity index (χ2n) is 5.77. The van der Waals surface area contributed by atoms with Crippen LogP contribution in [-0.2, 0) is 24.2 Å². The number of nitrogens with zero attached hydrogens (tertiary/aromatic N) is 6. The number of carbonyl (C=O) groups is 1. The van der Waals surface area contributed by atoms with Gasteiger partial charge in [0.1, 0.15) is 12.7 Å². The summed E-state index contributed by atoms with van der Waals surface area (Å²) in [6.07, 6.45) is -6.98. The average molecular weight is 451 g/mol. The normalized spacial score (nSPS) is 12.2. The van der Waals surface area contributed by atoms with Crippen molar-refractivity contribution >= 4 is 23.4 Å². The predicted molar refractivity (Wildman–Crippen MR) is 91.7 cm³/mol. The number of alkyl halides is 6. The molecule has 0 bridgehead atoms. The van der Waals surface area contributed by atoms with Crippen LogP contribution in [0.2, 0.25) is 0 Å². The lowest BCUT2D eigenvalue weighted by Crippen LogP contribution is -2.18. The molecule has 30 heavy (non-hydrogen) atoms. The fraction of sp³-hybridized carbons (Fsp3) is 0.267. The lowest BCUT2D eigenvalue weighted by Gasteiger charge is -2.14. The third-order valence-electron chi connectivity index (χ3n) is 3.68. The molecule has 0 aliphatic rings. The van der Waals surface area contributed by atoms with Crippen molar-refractivity contribution in [3.8, 4) is 5.69 Å². The summed E-state index contributed by atoms with van der Waals surface area (Å²) in [6.45, 7) is 0. The summed E-state index contributed by atoms with van der Waals surface area (Å²) in [5.74, 6) is -2.43. The first-order chi connectivity index (χ1) is 14.0. The Kier molecular flexibility index (Phi) is 5.74. The van der Waals surface area contributed by atoms with Crippen LogP contribution in [0.5, 0.6) is 0 Å². The Labute approximate surface area is 168 Å². The van der Waals surface area contributed by atoms with E-state index < -0.39 is 35.4 Å². The second kappa shape index (κ2) is 7.97. The molecule has 0 saturated carbocycles. The van der Waals surface area contributed by atoms with Gasteiger partial charge in [-0.1, -0.05) is 11.8 Å². The van der Waals surface area contributed by atoms with Crippen LogP contribution in [0, 0.1) is 0 Å². The smallest absolute Gasteiger partial charge is 0.323 e. The monoisotopic (exact) mass is 451 g/mol. The van der Waals surface area contributed by atoms with Gasteiger partial charge in [-0.25, -0.2) is 9.67 Å². The van der Waals surface area contributed by atoms with Gasteiger partial charge in [0.15, 0.2) is 5.16 Å². The maximum absolute atomic E-state index is 13.0. The number of benzene rings is 1. The topological polar surface area (TPSA) is 90.5 Å². The number of carbonyl (C=O) groups excluding carboxylic acids is 1. The number of hydrogen-bond acceptors (Lipinski definition) is 6. The van der Waals surface area contributed by atoms with Gasteiger partial charge in [-0.05, 0) is 18.2 Å². The summed E-state index contributed by atoms with van der Waals surface area (Å²) in [4.78, 5) is 15.9. The van der Waals surface area contributed by atoms with Crippen LogP contribution >= 0.6 is 11.8 Å². The van der Waals surface area contributed by atoms with Gasteiger partial charge in [0.05, 0.1) is 22.7 Å². The molecule has 0 fully saturated rings. The van der Waals surface area contributed by atoms with Gasteiger partial charge in [0.2, 0.25) is 11.7 Å². The third-order valence-corrected chi connectivity index (χ3v) is 4.70. The Morgan fingerprint density at radius 1 is 1.13 bits per heavy atom. The van der Waals surface area contributed by atoms with Crippen LogP contribution in [-0.4, -0.2) is 41.2 Å². The van der Waals surface area contributed by atoms with E-state index in [1.807, 2.05) is 0 Å². The van der Waals surface area contributed by atoms with Gasteiger partial charge in [-0.2, -0.15) is 31.4 Å². The number of rotatable bonds is 5. The van der Waals surface area contributed by atoms with Gasteiger partial charge in [0.25, 0.3) is 0 Å². The van der Waals surface area contributed by atoms with Crippen molar-refractivity contribution in [2.75, 3.05) is 11.1 Å².